The molecule has 2 aromatic heterocycles. The minimum absolute atomic E-state index is 0.138. The van der Waals surface area contributed by atoms with Gasteiger partial charge in [0.05, 0.1) is 6.42 Å². The lowest BCUT2D eigenvalue weighted by Crippen LogP contribution is -2.37. The van der Waals surface area contributed by atoms with Crippen LogP contribution in [0.15, 0.2) is 42.9 Å². The molecule has 0 aliphatic carbocycles. The summed E-state index contributed by atoms with van der Waals surface area (Å²) in [5.41, 5.74) is 1.84. The van der Waals surface area contributed by atoms with Gasteiger partial charge in [0, 0.05) is 73.3 Å². The summed E-state index contributed by atoms with van der Waals surface area (Å²) in [6.07, 6.45) is 5.44. The Morgan fingerprint density at radius 2 is 1.85 bits per heavy atom. The van der Waals surface area contributed by atoms with Crippen LogP contribution in [-0.4, -0.2) is 74.1 Å². The lowest BCUT2D eigenvalue weighted by Gasteiger charge is -2.27. The van der Waals surface area contributed by atoms with E-state index in [2.05, 4.69) is 25.2 Å². The van der Waals surface area contributed by atoms with Gasteiger partial charge in [-0.1, -0.05) is 0 Å². The average molecular weight is 466 g/mol. The fourth-order valence-electron chi connectivity index (χ4n) is 4.23. The second kappa shape index (κ2) is 10.3. The third-order valence-corrected chi connectivity index (χ3v) is 5.82. The van der Waals surface area contributed by atoms with Gasteiger partial charge in [0.15, 0.2) is 0 Å². The number of aromatic amines is 1. The van der Waals surface area contributed by atoms with E-state index in [1.54, 1.807) is 42.9 Å². The second-order valence-electron chi connectivity index (χ2n) is 8.11. The van der Waals surface area contributed by atoms with Gasteiger partial charge in [-0.25, -0.2) is 9.97 Å². The van der Waals surface area contributed by atoms with E-state index in [0.29, 0.717) is 42.2 Å². The minimum atomic E-state index is -1.04. The molecule has 1 fully saturated rings. The molecule has 3 aromatic rings. The number of carbonyl (C=O) groups excluding carboxylic acids is 1. The molecular formula is C23H26N6O5. The van der Waals surface area contributed by atoms with Crippen LogP contribution in [0.5, 0.6) is 0 Å². The summed E-state index contributed by atoms with van der Waals surface area (Å²) in [4.78, 5) is 50.9. The Hall–Kier alpha value is -3.99. The Labute approximate surface area is 195 Å². The largest absolute Gasteiger partial charge is 0.481 e. The van der Waals surface area contributed by atoms with Crippen molar-refractivity contribution in [1.82, 2.24) is 19.9 Å². The zero-order valence-corrected chi connectivity index (χ0v) is 18.5. The fourth-order valence-corrected chi connectivity index (χ4v) is 4.23. The number of aliphatic carboxylic acids is 2. The number of nitrogens with zero attached hydrogens (tertiary/aromatic N) is 4. The molecule has 0 bridgehead atoms. The highest BCUT2D eigenvalue weighted by molar-refractivity contribution is 5.96. The number of nitrogens with one attached hydrogen (secondary N) is 2. The van der Waals surface area contributed by atoms with Crippen LogP contribution in [0.3, 0.4) is 0 Å². The number of amides is 1. The lowest BCUT2D eigenvalue weighted by molar-refractivity contribution is -0.143. The van der Waals surface area contributed by atoms with E-state index in [1.807, 2.05) is 4.90 Å². The molecule has 1 saturated heterocycles. The highest BCUT2D eigenvalue weighted by Gasteiger charge is 2.31. The summed E-state index contributed by atoms with van der Waals surface area (Å²) in [5.74, 6) is -1.78. The maximum absolute atomic E-state index is 12.4. The first-order valence-corrected chi connectivity index (χ1v) is 11.0. The molecule has 1 aromatic carbocycles. The Bertz CT molecular complexity index is 1180. The fraction of sp³-hybridized carbons (Fsp3) is 0.348. The van der Waals surface area contributed by atoms with Gasteiger partial charge in [0.1, 0.15) is 6.04 Å². The summed E-state index contributed by atoms with van der Waals surface area (Å²) in [7, 11) is 0. The molecule has 11 heteroatoms. The predicted molar refractivity (Wildman–Crippen MR) is 125 cm³/mol. The van der Waals surface area contributed by atoms with E-state index in [0.717, 1.165) is 18.5 Å². The van der Waals surface area contributed by atoms with Gasteiger partial charge in [-0.2, -0.15) is 0 Å². The van der Waals surface area contributed by atoms with E-state index in [-0.39, 0.29) is 12.8 Å². The predicted octanol–water partition coefficient (Wildman–Crippen LogP) is 2.10. The Balaban J connectivity index is 1.55. The van der Waals surface area contributed by atoms with Crippen molar-refractivity contribution in [2.24, 2.45) is 0 Å². The molecular weight excluding hydrogens is 440 g/mol. The number of hydrogen-bond donors (Lipinski definition) is 4. The zero-order chi connectivity index (χ0) is 24.1. The number of aromatic nitrogens is 3. The molecule has 3 heterocycles. The van der Waals surface area contributed by atoms with Crippen LogP contribution in [0.2, 0.25) is 0 Å². The third-order valence-electron chi connectivity index (χ3n) is 5.82. The maximum Gasteiger partial charge on any atom is 0.325 e. The Morgan fingerprint density at radius 1 is 1.06 bits per heavy atom. The van der Waals surface area contributed by atoms with Crippen molar-refractivity contribution in [1.29, 1.82) is 0 Å². The van der Waals surface area contributed by atoms with Crippen LogP contribution in [-0.2, 0) is 14.4 Å². The number of carboxylic acids is 2. The maximum atomic E-state index is 12.4. The van der Waals surface area contributed by atoms with E-state index in [9.17, 15) is 19.5 Å². The molecule has 178 valence electrons. The first-order chi connectivity index (χ1) is 16.4. The van der Waals surface area contributed by atoms with Gasteiger partial charge < -0.3 is 25.4 Å². The van der Waals surface area contributed by atoms with Crippen molar-refractivity contribution < 1.29 is 24.6 Å². The van der Waals surface area contributed by atoms with Crippen molar-refractivity contribution in [3.8, 4) is 0 Å². The molecule has 1 amide bonds. The molecule has 0 unspecified atom stereocenters. The van der Waals surface area contributed by atoms with Crippen LogP contribution in [0.25, 0.3) is 10.9 Å². The number of fused-ring (bicyclic) bond motifs is 1. The molecule has 0 spiro atoms. The number of benzene rings is 1. The molecule has 1 aliphatic heterocycles. The zero-order valence-electron chi connectivity index (χ0n) is 18.5. The quantitative estimate of drug-likeness (QED) is 0.391. The summed E-state index contributed by atoms with van der Waals surface area (Å²) in [6.45, 7) is 2.44. The van der Waals surface area contributed by atoms with Crippen molar-refractivity contribution in [3.63, 3.8) is 0 Å². The van der Waals surface area contributed by atoms with E-state index in [1.165, 1.54) is 0 Å². The highest BCUT2D eigenvalue weighted by Crippen LogP contribution is 2.31. The summed E-state index contributed by atoms with van der Waals surface area (Å²) >= 11 is 0. The number of anilines is 2. The van der Waals surface area contributed by atoms with Gasteiger partial charge in [-0.05, 0) is 30.7 Å². The SMILES string of the molecule is O=C(O)CCC(=O)Nc1ccc2[nH]cc([C@@H](C(=O)O)N3CCCN(c4ncccn4)CC3)c2c1. The van der Waals surface area contributed by atoms with Crippen LogP contribution in [0.4, 0.5) is 11.6 Å². The van der Waals surface area contributed by atoms with Crippen molar-refractivity contribution in [2.75, 3.05) is 36.4 Å². The van der Waals surface area contributed by atoms with E-state index >= 15 is 0 Å². The van der Waals surface area contributed by atoms with Crippen LogP contribution in [0.1, 0.15) is 30.9 Å². The van der Waals surface area contributed by atoms with Crippen LogP contribution < -0.4 is 10.2 Å². The summed E-state index contributed by atoms with van der Waals surface area (Å²) < 4.78 is 0. The average Bonchev–Trinajstić information content (AvgIpc) is 3.06. The normalized spacial score (nSPS) is 15.6. The number of hydrogen-bond acceptors (Lipinski definition) is 7. The lowest BCUT2D eigenvalue weighted by atomic mass is 10.0. The summed E-state index contributed by atoms with van der Waals surface area (Å²) in [6, 6.07) is 6.07. The van der Waals surface area contributed by atoms with Crippen LogP contribution in [0, 0.1) is 0 Å². The minimum Gasteiger partial charge on any atom is -0.481 e. The molecule has 4 rings (SSSR count). The Kier molecular flexibility index (Phi) is 7.02. The summed E-state index contributed by atoms with van der Waals surface area (Å²) in [5, 5.41) is 22.3. The molecule has 1 atom stereocenters. The number of rotatable bonds is 8. The molecule has 11 nitrogen and oxygen atoms in total. The third kappa shape index (κ3) is 5.31. The van der Waals surface area contributed by atoms with E-state index < -0.39 is 23.9 Å². The molecule has 1 aliphatic rings. The van der Waals surface area contributed by atoms with Crippen molar-refractivity contribution in [2.45, 2.75) is 25.3 Å². The highest BCUT2D eigenvalue weighted by atomic mass is 16.4. The molecule has 0 saturated carbocycles. The number of H-pyrrole nitrogens is 1. The van der Waals surface area contributed by atoms with Gasteiger partial charge in [0.25, 0.3) is 0 Å². The molecule has 0 radical (unpaired) electrons. The smallest absolute Gasteiger partial charge is 0.325 e. The van der Waals surface area contributed by atoms with Crippen LogP contribution >= 0.6 is 0 Å². The van der Waals surface area contributed by atoms with Gasteiger partial charge in [-0.3, -0.25) is 19.3 Å². The number of carboxylic acid groups (broad SMARTS) is 2. The second-order valence-corrected chi connectivity index (χ2v) is 8.11. The van der Waals surface area contributed by atoms with E-state index in [4.69, 9.17) is 5.11 Å². The first-order valence-electron chi connectivity index (χ1n) is 11.0. The van der Waals surface area contributed by atoms with Gasteiger partial charge in [0.2, 0.25) is 11.9 Å². The topological polar surface area (TPSA) is 152 Å². The molecule has 4 N–H and O–H groups in total. The number of carbonyl (C=O) groups is 3. The Morgan fingerprint density at radius 3 is 2.59 bits per heavy atom. The van der Waals surface area contributed by atoms with Gasteiger partial charge in [-0.15, -0.1) is 0 Å². The van der Waals surface area contributed by atoms with Crippen molar-refractivity contribution in [3.05, 3.63) is 48.4 Å². The van der Waals surface area contributed by atoms with Crippen molar-refractivity contribution >= 4 is 40.4 Å². The monoisotopic (exact) mass is 466 g/mol. The molecule has 34 heavy (non-hydrogen) atoms. The first kappa shape index (κ1) is 23.2. The van der Waals surface area contributed by atoms with Gasteiger partial charge >= 0.3 is 11.9 Å². The standard InChI is InChI=1S/C23H26N6O5/c30-19(5-6-20(31)32)27-15-3-4-18-16(13-15)17(14-26-18)21(22(33)34)28-9-2-10-29(12-11-28)23-24-7-1-8-25-23/h1,3-4,7-8,13-14,21,26H,2,5-6,9-12H2,(H,27,30)(H,31,32)(H,33,34)/t21-/m0/s1.